The third-order valence-corrected chi connectivity index (χ3v) is 3.61. The summed E-state index contributed by atoms with van der Waals surface area (Å²) in [5, 5.41) is 9.94. The van der Waals surface area contributed by atoms with E-state index >= 15 is 0 Å². The van der Waals surface area contributed by atoms with Gasteiger partial charge in [0.2, 0.25) is 0 Å². The zero-order chi connectivity index (χ0) is 14.6. The molecule has 1 aromatic carbocycles. The van der Waals surface area contributed by atoms with Gasteiger partial charge in [-0.1, -0.05) is 24.0 Å². The predicted molar refractivity (Wildman–Crippen MR) is 78.1 cm³/mol. The second-order valence-electron chi connectivity index (χ2n) is 5.34. The first-order valence-electron chi connectivity index (χ1n) is 6.83. The molecular weight excluding hydrogens is 252 g/mol. The molecule has 1 saturated heterocycles. The van der Waals surface area contributed by atoms with Crippen molar-refractivity contribution < 1.29 is 9.90 Å². The molecule has 0 radical (unpaired) electrons. The van der Waals surface area contributed by atoms with Crippen LogP contribution in [0.25, 0.3) is 0 Å². The van der Waals surface area contributed by atoms with Gasteiger partial charge < -0.3 is 15.7 Å². The van der Waals surface area contributed by atoms with Gasteiger partial charge in [-0.15, -0.1) is 0 Å². The van der Waals surface area contributed by atoms with Gasteiger partial charge in [0.15, 0.2) is 0 Å². The molecule has 1 fully saturated rings. The van der Waals surface area contributed by atoms with Crippen LogP contribution in [0.1, 0.15) is 35.7 Å². The summed E-state index contributed by atoms with van der Waals surface area (Å²) in [5.41, 5.74) is 6.04. The second-order valence-corrected chi connectivity index (χ2v) is 5.34. The number of carbonyl (C=O) groups excluding carboxylic acids is 1. The Kier molecular flexibility index (Phi) is 4.43. The van der Waals surface area contributed by atoms with Crippen LogP contribution < -0.4 is 5.73 Å². The van der Waals surface area contributed by atoms with E-state index in [1.54, 1.807) is 11.0 Å². The lowest BCUT2D eigenvalue weighted by molar-refractivity contribution is -0.00202. The zero-order valence-corrected chi connectivity index (χ0v) is 11.7. The Morgan fingerprint density at radius 2 is 2.05 bits per heavy atom. The first-order valence-corrected chi connectivity index (χ1v) is 6.83. The monoisotopic (exact) mass is 272 g/mol. The number of amides is 1. The quantitative estimate of drug-likeness (QED) is 0.749. The van der Waals surface area contributed by atoms with E-state index in [4.69, 9.17) is 5.73 Å². The smallest absolute Gasteiger partial charge is 0.255 e. The van der Waals surface area contributed by atoms with E-state index in [1.165, 1.54) is 0 Å². The highest BCUT2D eigenvalue weighted by molar-refractivity contribution is 5.96. The fourth-order valence-corrected chi connectivity index (χ4v) is 2.29. The Morgan fingerprint density at radius 1 is 1.40 bits per heavy atom. The van der Waals surface area contributed by atoms with Gasteiger partial charge in [-0.25, -0.2) is 0 Å². The van der Waals surface area contributed by atoms with Gasteiger partial charge >= 0.3 is 0 Å². The number of nitrogens with two attached hydrogens (primary N) is 1. The molecule has 1 heterocycles. The number of carbonyl (C=O) groups is 1. The summed E-state index contributed by atoms with van der Waals surface area (Å²) in [6.07, 6.45) is 1.21. The first-order chi connectivity index (χ1) is 9.53. The van der Waals surface area contributed by atoms with Gasteiger partial charge in [-0.3, -0.25) is 4.79 Å². The van der Waals surface area contributed by atoms with Gasteiger partial charge in [0, 0.05) is 18.7 Å². The highest BCUT2D eigenvalue weighted by Gasteiger charge is 2.30. The molecule has 2 rings (SSSR count). The van der Waals surface area contributed by atoms with E-state index in [9.17, 15) is 9.90 Å². The number of aliphatic hydroxyl groups is 1. The average Bonchev–Trinajstić information content (AvgIpc) is 2.45. The minimum atomic E-state index is -0.657. The highest BCUT2D eigenvalue weighted by atomic mass is 16.3. The predicted octanol–water partition coefficient (Wildman–Crippen LogP) is 0.984. The average molecular weight is 272 g/mol. The largest absolute Gasteiger partial charge is 0.390 e. The van der Waals surface area contributed by atoms with Crippen molar-refractivity contribution >= 4 is 5.91 Å². The van der Waals surface area contributed by atoms with E-state index in [-0.39, 0.29) is 12.5 Å². The van der Waals surface area contributed by atoms with E-state index in [2.05, 4.69) is 11.8 Å². The molecular formula is C16H20N2O2. The molecule has 1 aliphatic heterocycles. The molecule has 0 aliphatic carbocycles. The van der Waals surface area contributed by atoms with Crippen LogP contribution in [0.15, 0.2) is 24.3 Å². The van der Waals surface area contributed by atoms with Gasteiger partial charge in [-0.2, -0.15) is 0 Å². The molecule has 20 heavy (non-hydrogen) atoms. The summed E-state index contributed by atoms with van der Waals surface area (Å²) in [4.78, 5) is 14.3. The fourth-order valence-electron chi connectivity index (χ4n) is 2.29. The van der Waals surface area contributed by atoms with Crippen molar-refractivity contribution in [3.8, 4) is 11.8 Å². The maximum absolute atomic E-state index is 12.5. The first kappa shape index (κ1) is 14.6. The molecule has 1 amide bonds. The number of hydrogen-bond donors (Lipinski definition) is 2. The molecule has 3 N–H and O–H groups in total. The lowest BCUT2D eigenvalue weighted by Crippen LogP contribution is -2.45. The molecule has 0 saturated carbocycles. The van der Waals surface area contributed by atoms with Crippen LogP contribution in [-0.4, -0.2) is 41.1 Å². The number of likely N-dealkylation sites (tertiary alicyclic amines) is 1. The van der Waals surface area contributed by atoms with Crippen molar-refractivity contribution in [2.24, 2.45) is 5.73 Å². The molecule has 0 bridgehead atoms. The Morgan fingerprint density at radius 3 is 2.70 bits per heavy atom. The van der Waals surface area contributed by atoms with E-state index in [1.807, 2.05) is 25.1 Å². The number of rotatable bonds is 1. The summed E-state index contributed by atoms with van der Waals surface area (Å²) in [6, 6.07) is 7.31. The molecule has 0 unspecified atom stereocenters. The Balaban J connectivity index is 2.18. The van der Waals surface area contributed by atoms with Gasteiger partial charge in [-0.05, 0) is 31.9 Å². The summed E-state index contributed by atoms with van der Waals surface area (Å²) < 4.78 is 0. The Labute approximate surface area is 119 Å². The molecule has 1 aromatic rings. The van der Waals surface area contributed by atoms with E-state index < -0.39 is 5.60 Å². The standard InChI is InChI=1S/C16H20N2O2/c1-16(20)8-11-18(12-9-16)15(19)14-7-3-2-5-13(14)6-4-10-17/h2-3,5,7,20H,8-12,17H2,1H3. The van der Waals surface area contributed by atoms with Gasteiger partial charge in [0.25, 0.3) is 5.91 Å². The van der Waals surface area contributed by atoms with E-state index in [0.29, 0.717) is 37.1 Å². The third kappa shape index (κ3) is 3.38. The molecule has 106 valence electrons. The van der Waals surface area contributed by atoms with Crippen LogP contribution in [0, 0.1) is 11.8 Å². The minimum Gasteiger partial charge on any atom is -0.390 e. The van der Waals surface area contributed by atoms with Crippen LogP contribution >= 0.6 is 0 Å². The number of nitrogens with zero attached hydrogens (tertiary/aromatic N) is 1. The van der Waals surface area contributed by atoms with Crippen molar-refractivity contribution in [3.05, 3.63) is 35.4 Å². The van der Waals surface area contributed by atoms with E-state index in [0.717, 1.165) is 0 Å². The third-order valence-electron chi connectivity index (χ3n) is 3.61. The maximum Gasteiger partial charge on any atom is 0.255 e. The van der Waals surface area contributed by atoms with Crippen LogP contribution in [0.3, 0.4) is 0 Å². The SMILES string of the molecule is CC1(O)CCN(C(=O)c2ccccc2C#CCN)CC1. The summed E-state index contributed by atoms with van der Waals surface area (Å²) in [6.45, 7) is 3.24. The molecule has 0 atom stereocenters. The van der Waals surface area contributed by atoms with Crippen LogP contribution in [0.2, 0.25) is 0 Å². The van der Waals surface area contributed by atoms with Crippen molar-refractivity contribution in [1.29, 1.82) is 0 Å². The summed E-state index contributed by atoms with van der Waals surface area (Å²) >= 11 is 0. The molecule has 1 aliphatic rings. The fraction of sp³-hybridized carbons (Fsp3) is 0.438. The highest BCUT2D eigenvalue weighted by Crippen LogP contribution is 2.23. The van der Waals surface area contributed by atoms with Crippen molar-refractivity contribution in [2.45, 2.75) is 25.4 Å². The minimum absolute atomic E-state index is 0.0255. The van der Waals surface area contributed by atoms with Crippen molar-refractivity contribution in [1.82, 2.24) is 4.90 Å². The van der Waals surface area contributed by atoms with Gasteiger partial charge in [0.05, 0.1) is 17.7 Å². The number of hydrogen-bond acceptors (Lipinski definition) is 3. The van der Waals surface area contributed by atoms with Crippen LogP contribution in [0.5, 0.6) is 0 Å². The van der Waals surface area contributed by atoms with Crippen LogP contribution in [-0.2, 0) is 0 Å². The Hall–Kier alpha value is -1.83. The maximum atomic E-state index is 12.5. The topological polar surface area (TPSA) is 66.6 Å². The lowest BCUT2D eigenvalue weighted by atomic mass is 9.93. The molecule has 4 nitrogen and oxygen atoms in total. The zero-order valence-electron chi connectivity index (χ0n) is 11.7. The summed E-state index contributed by atoms with van der Waals surface area (Å²) in [5.74, 6) is 5.69. The Bertz CT molecular complexity index is 545. The normalized spacial score (nSPS) is 17.2. The van der Waals surface area contributed by atoms with Crippen LogP contribution in [0.4, 0.5) is 0 Å². The molecule has 0 spiro atoms. The second kappa shape index (κ2) is 6.08. The molecule has 0 aromatic heterocycles. The lowest BCUT2D eigenvalue weighted by Gasteiger charge is -2.35. The van der Waals surface area contributed by atoms with Crippen molar-refractivity contribution in [2.75, 3.05) is 19.6 Å². The number of piperidine rings is 1. The van der Waals surface area contributed by atoms with Crippen molar-refractivity contribution in [3.63, 3.8) is 0 Å². The summed E-state index contributed by atoms with van der Waals surface area (Å²) in [7, 11) is 0. The van der Waals surface area contributed by atoms with Gasteiger partial charge in [0.1, 0.15) is 0 Å². The number of benzene rings is 1. The molecule has 4 heteroatoms.